The van der Waals surface area contributed by atoms with E-state index < -0.39 is 21.9 Å². The molecule has 0 spiro atoms. The highest BCUT2D eigenvalue weighted by molar-refractivity contribution is 7.89. The van der Waals surface area contributed by atoms with E-state index in [-0.39, 0.29) is 16.3 Å². The molecule has 0 saturated carbocycles. The van der Waals surface area contributed by atoms with Gasteiger partial charge in [-0.25, -0.2) is 13.6 Å². The Kier molecular flexibility index (Phi) is 3.30. The fourth-order valence-corrected chi connectivity index (χ4v) is 2.02. The molecule has 0 aliphatic carbocycles. The minimum absolute atomic E-state index is 0.0132. The molecule has 6 nitrogen and oxygen atoms in total. The molecule has 0 radical (unpaired) electrons. The molecule has 0 atom stereocenters. The van der Waals surface area contributed by atoms with Crippen molar-refractivity contribution in [1.29, 1.82) is 0 Å². The average Bonchev–Trinajstić information content (AvgIpc) is 2.70. The molecule has 0 saturated heterocycles. The lowest BCUT2D eigenvalue weighted by Gasteiger charge is -2.04. The van der Waals surface area contributed by atoms with Crippen LogP contribution in [0.5, 0.6) is 0 Å². The van der Waals surface area contributed by atoms with Crippen molar-refractivity contribution < 1.29 is 21.6 Å². The lowest BCUT2D eigenvalue weighted by atomic mass is 10.2. The normalized spacial score (nSPS) is 12.7. The third-order valence-corrected chi connectivity index (χ3v) is 3.40. The van der Waals surface area contributed by atoms with Crippen LogP contribution in [-0.2, 0) is 23.2 Å². The van der Waals surface area contributed by atoms with Gasteiger partial charge in [0.2, 0.25) is 10.0 Å². The molecule has 2 rings (SSSR count). The van der Waals surface area contributed by atoms with E-state index in [9.17, 15) is 21.6 Å². The van der Waals surface area contributed by atoms with Gasteiger partial charge in [0, 0.05) is 13.2 Å². The molecule has 0 aliphatic heterocycles. The summed E-state index contributed by atoms with van der Waals surface area (Å²) >= 11 is 0. The summed E-state index contributed by atoms with van der Waals surface area (Å²) in [5, 5.41) is 8.59. The van der Waals surface area contributed by atoms with Crippen molar-refractivity contribution in [3.63, 3.8) is 0 Å². The molecule has 2 aromatic rings. The number of pyridine rings is 1. The summed E-state index contributed by atoms with van der Waals surface area (Å²) in [5.41, 5.74) is -0.825. The Morgan fingerprint density at radius 3 is 2.30 bits per heavy atom. The summed E-state index contributed by atoms with van der Waals surface area (Å²) in [5.74, 6) is 0. The van der Waals surface area contributed by atoms with Crippen molar-refractivity contribution in [3.8, 4) is 11.4 Å². The van der Waals surface area contributed by atoms with Gasteiger partial charge < -0.3 is 0 Å². The summed E-state index contributed by atoms with van der Waals surface area (Å²) < 4.78 is 60.6. The molecule has 108 valence electrons. The first-order valence-electron chi connectivity index (χ1n) is 5.19. The molecular formula is C10H9F3N4O2S. The molecule has 2 heterocycles. The SMILES string of the molecule is Cn1nc(-c2ccc(S(N)(=O)=O)cn2)cc1C(F)(F)F. The van der Waals surface area contributed by atoms with E-state index in [1.165, 1.54) is 6.07 Å². The number of nitrogens with two attached hydrogens (primary N) is 1. The maximum Gasteiger partial charge on any atom is 0.433 e. The Balaban J connectivity index is 2.43. The molecule has 2 N–H and O–H groups in total. The number of halogens is 3. The van der Waals surface area contributed by atoms with E-state index in [0.717, 1.165) is 25.4 Å². The van der Waals surface area contributed by atoms with E-state index >= 15 is 0 Å². The number of alkyl halides is 3. The first kappa shape index (κ1) is 14.5. The Morgan fingerprint density at radius 2 is 1.90 bits per heavy atom. The zero-order chi connectivity index (χ0) is 15.1. The number of hydrogen-bond acceptors (Lipinski definition) is 4. The predicted molar refractivity (Wildman–Crippen MR) is 62.8 cm³/mol. The molecule has 0 aromatic carbocycles. The topological polar surface area (TPSA) is 90.9 Å². The Labute approximate surface area is 112 Å². The quantitative estimate of drug-likeness (QED) is 0.901. The van der Waals surface area contributed by atoms with Gasteiger partial charge in [-0.15, -0.1) is 0 Å². The van der Waals surface area contributed by atoms with Gasteiger partial charge in [0.1, 0.15) is 16.3 Å². The van der Waals surface area contributed by atoms with Crippen molar-refractivity contribution in [3.05, 3.63) is 30.1 Å². The number of hydrogen-bond donors (Lipinski definition) is 1. The second kappa shape index (κ2) is 4.56. The van der Waals surface area contributed by atoms with Crippen molar-refractivity contribution >= 4 is 10.0 Å². The highest BCUT2D eigenvalue weighted by Gasteiger charge is 2.35. The van der Waals surface area contributed by atoms with Crippen LogP contribution in [0.25, 0.3) is 11.4 Å². The predicted octanol–water partition coefficient (Wildman–Crippen LogP) is 1.15. The molecule has 0 fully saturated rings. The number of sulfonamides is 1. The third-order valence-electron chi connectivity index (χ3n) is 2.50. The minimum atomic E-state index is -4.53. The molecule has 0 amide bonds. The van der Waals surface area contributed by atoms with E-state index in [2.05, 4.69) is 10.1 Å². The summed E-state index contributed by atoms with van der Waals surface area (Å²) in [6, 6.07) is 3.22. The number of rotatable bonds is 2. The van der Waals surface area contributed by atoms with Crippen LogP contribution in [0.3, 0.4) is 0 Å². The first-order chi connectivity index (χ1) is 9.09. The second-order valence-electron chi connectivity index (χ2n) is 3.96. The molecule has 0 bridgehead atoms. The highest BCUT2D eigenvalue weighted by Crippen LogP contribution is 2.31. The van der Waals surface area contributed by atoms with Crippen LogP contribution in [0.15, 0.2) is 29.3 Å². The smallest absolute Gasteiger partial charge is 0.263 e. The lowest BCUT2D eigenvalue weighted by Crippen LogP contribution is -2.12. The van der Waals surface area contributed by atoms with Gasteiger partial charge in [0.05, 0.1) is 5.69 Å². The fraction of sp³-hybridized carbons (Fsp3) is 0.200. The number of aryl methyl sites for hydroxylation is 1. The Bertz CT molecular complexity index is 735. The van der Waals surface area contributed by atoms with Crippen molar-refractivity contribution in [2.24, 2.45) is 12.2 Å². The van der Waals surface area contributed by atoms with Crippen LogP contribution in [0.1, 0.15) is 5.69 Å². The summed E-state index contributed by atoms with van der Waals surface area (Å²) in [6.45, 7) is 0. The van der Waals surface area contributed by atoms with Crippen LogP contribution in [-0.4, -0.2) is 23.2 Å². The molecule has 0 aliphatic rings. The van der Waals surface area contributed by atoms with Crippen LogP contribution >= 0.6 is 0 Å². The molecule has 2 aromatic heterocycles. The molecular weight excluding hydrogens is 297 g/mol. The van der Waals surface area contributed by atoms with Crippen molar-refractivity contribution in [2.45, 2.75) is 11.1 Å². The molecule has 20 heavy (non-hydrogen) atoms. The summed E-state index contributed by atoms with van der Waals surface area (Å²) in [4.78, 5) is 3.52. The van der Waals surface area contributed by atoms with Crippen LogP contribution in [0.4, 0.5) is 13.2 Å². The van der Waals surface area contributed by atoms with Gasteiger partial charge in [-0.3, -0.25) is 9.67 Å². The minimum Gasteiger partial charge on any atom is -0.263 e. The number of primary sulfonamides is 1. The summed E-state index contributed by atoms with van der Waals surface area (Å²) in [7, 11) is -2.74. The van der Waals surface area contributed by atoms with Crippen LogP contribution in [0.2, 0.25) is 0 Å². The average molecular weight is 306 g/mol. The number of aromatic nitrogens is 3. The summed E-state index contributed by atoms with van der Waals surface area (Å²) in [6.07, 6.45) is -3.56. The molecule has 0 unspecified atom stereocenters. The van der Waals surface area contributed by atoms with Crippen molar-refractivity contribution in [1.82, 2.24) is 14.8 Å². The van der Waals surface area contributed by atoms with Gasteiger partial charge >= 0.3 is 6.18 Å². The first-order valence-corrected chi connectivity index (χ1v) is 6.74. The zero-order valence-corrected chi connectivity index (χ0v) is 10.9. The van der Waals surface area contributed by atoms with E-state index in [1.54, 1.807) is 0 Å². The van der Waals surface area contributed by atoms with E-state index in [0.29, 0.717) is 4.68 Å². The third kappa shape index (κ3) is 2.80. The highest BCUT2D eigenvalue weighted by atomic mass is 32.2. The van der Waals surface area contributed by atoms with Gasteiger partial charge in [-0.05, 0) is 18.2 Å². The van der Waals surface area contributed by atoms with Crippen LogP contribution in [0, 0.1) is 0 Å². The van der Waals surface area contributed by atoms with E-state index in [1.807, 2.05) is 0 Å². The largest absolute Gasteiger partial charge is 0.433 e. The zero-order valence-electron chi connectivity index (χ0n) is 10.1. The Hall–Kier alpha value is -1.94. The number of nitrogens with zero attached hydrogens (tertiary/aromatic N) is 3. The lowest BCUT2D eigenvalue weighted by molar-refractivity contribution is -0.143. The standard InChI is InChI=1S/C10H9F3N4O2S/c1-17-9(10(11,12)13)4-8(16-17)7-3-2-6(5-15-7)20(14,18)19/h2-5H,1H3,(H2,14,18,19). The maximum atomic E-state index is 12.6. The van der Waals surface area contributed by atoms with E-state index in [4.69, 9.17) is 5.14 Å². The monoisotopic (exact) mass is 306 g/mol. The van der Waals surface area contributed by atoms with Gasteiger partial charge in [0.15, 0.2) is 0 Å². The molecule has 10 heteroatoms. The van der Waals surface area contributed by atoms with Crippen LogP contribution < -0.4 is 5.14 Å². The fourth-order valence-electron chi connectivity index (χ4n) is 1.56. The second-order valence-corrected chi connectivity index (χ2v) is 5.52. The van der Waals surface area contributed by atoms with Gasteiger partial charge in [0.25, 0.3) is 0 Å². The van der Waals surface area contributed by atoms with Gasteiger partial charge in [-0.2, -0.15) is 18.3 Å². The Morgan fingerprint density at radius 1 is 1.25 bits per heavy atom. The maximum absolute atomic E-state index is 12.6. The van der Waals surface area contributed by atoms with Crippen molar-refractivity contribution in [2.75, 3.05) is 0 Å². The van der Waals surface area contributed by atoms with Gasteiger partial charge in [-0.1, -0.05) is 0 Å².